The molecule has 25 heavy (non-hydrogen) atoms. The summed E-state index contributed by atoms with van der Waals surface area (Å²) in [5.74, 6) is 0.735. The van der Waals surface area contributed by atoms with E-state index in [4.69, 9.17) is 0 Å². The highest BCUT2D eigenvalue weighted by atomic mass is 16.3. The van der Waals surface area contributed by atoms with Gasteiger partial charge in [0.1, 0.15) is 0 Å². The van der Waals surface area contributed by atoms with Crippen molar-refractivity contribution in [1.29, 1.82) is 0 Å². The van der Waals surface area contributed by atoms with Crippen LogP contribution in [0.2, 0.25) is 0 Å². The number of rotatable bonds is 7. The molecule has 4 nitrogen and oxygen atoms in total. The van der Waals surface area contributed by atoms with Crippen molar-refractivity contribution in [3.63, 3.8) is 0 Å². The summed E-state index contributed by atoms with van der Waals surface area (Å²) >= 11 is 0. The molecule has 0 radical (unpaired) electrons. The van der Waals surface area contributed by atoms with Gasteiger partial charge in [-0.1, -0.05) is 36.4 Å². The fraction of sp³-hybridized carbons (Fsp3) is 0.476. The van der Waals surface area contributed by atoms with Gasteiger partial charge in [0, 0.05) is 25.8 Å². The van der Waals surface area contributed by atoms with E-state index in [1.54, 1.807) is 0 Å². The number of benzene rings is 1. The van der Waals surface area contributed by atoms with Crippen LogP contribution in [-0.4, -0.2) is 53.1 Å². The van der Waals surface area contributed by atoms with E-state index in [1.807, 2.05) is 48.7 Å². The molecule has 0 saturated carbocycles. The molecule has 4 heteroatoms. The summed E-state index contributed by atoms with van der Waals surface area (Å²) in [4.78, 5) is 9.18. The number of hydrogen-bond acceptors (Lipinski definition) is 4. The first-order valence-electron chi connectivity index (χ1n) is 9.24. The van der Waals surface area contributed by atoms with Crippen LogP contribution >= 0.6 is 0 Å². The van der Waals surface area contributed by atoms with Gasteiger partial charge in [0.2, 0.25) is 0 Å². The summed E-state index contributed by atoms with van der Waals surface area (Å²) < 4.78 is 0. The van der Waals surface area contributed by atoms with E-state index < -0.39 is 0 Å². The fourth-order valence-corrected chi connectivity index (χ4v) is 3.65. The van der Waals surface area contributed by atoms with Gasteiger partial charge >= 0.3 is 0 Å². The number of pyridine rings is 1. The number of β-amino-alcohol motifs (C(OH)–C–C–N with tert-alkyl or cyclic N) is 1. The number of aromatic nitrogens is 1. The van der Waals surface area contributed by atoms with Crippen LogP contribution in [0.15, 0.2) is 54.7 Å². The molecule has 1 aliphatic rings. The number of likely N-dealkylation sites (tertiary alicyclic amines) is 1. The van der Waals surface area contributed by atoms with Gasteiger partial charge in [-0.25, -0.2) is 0 Å². The third kappa shape index (κ3) is 5.63. The van der Waals surface area contributed by atoms with Crippen LogP contribution in [0.4, 0.5) is 0 Å². The molecule has 1 fully saturated rings. The van der Waals surface area contributed by atoms with Crippen molar-refractivity contribution in [2.75, 3.05) is 33.2 Å². The second-order valence-electron chi connectivity index (χ2n) is 7.19. The molecule has 1 atom stereocenters. The van der Waals surface area contributed by atoms with Gasteiger partial charge in [-0.15, -0.1) is 0 Å². The molecule has 2 heterocycles. The molecule has 0 aliphatic carbocycles. The van der Waals surface area contributed by atoms with Crippen molar-refractivity contribution in [3.05, 3.63) is 66.0 Å². The predicted octanol–water partition coefficient (Wildman–Crippen LogP) is 2.96. The maximum Gasteiger partial charge on any atom is 0.0916 e. The smallest absolute Gasteiger partial charge is 0.0916 e. The largest absolute Gasteiger partial charge is 0.387 e. The monoisotopic (exact) mass is 339 g/mol. The van der Waals surface area contributed by atoms with Crippen molar-refractivity contribution in [2.45, 2.75) is 25.5 Å². The van der Waals surface area contributed by atoms with Gasteiger partial charge in [0.05, 0.1) is 11.8 Å². The topological polar surface area (TPSA) is 39.6 Å². The molecule has 0 spiro atoms. The van der Waals surface area contributed by atoms with Gasteiger partial charge in [-0.05, 0) is 56.6 Å². The van der Waals surface area contributed by atoms with Gasteiger partial charge < -0.3 is 14.9 Å². The standard InChI is InChI=1S/C21H29N3O/c1-23(16-20-9-5-6-12-22-20)15-18-10-13-24(14-11-18)17-21(25)19-7-3-2-4-8-19/h2-9,12,18,21,25H,10-11,13-17H2,1H3. The number of piperidine rings is 1. The Morgan fingerprint density at radius 1 is 1.12 bits per heavy atom. The van der Waals surface area contributed by atoms with Crippen molar-refractivity contribution in [3.8, 4) is 0 Å². The summed E-state index contributed by atoms with van der Waals surface area (Å²) in [7, 11) is 2.18. The molecule has 1 aromatic carbocycles. The van der Waals surface area contributed by atoms with E-state index in [1.165, 1.54) is 12.8 Å². The molecule has 0 amide bonds. The van der Waals surface area contributed by atoms with Crippen molar-refractivity contribution >= 4 is 0 Å². The summed E-state index contributed by atoms with van der Waals surface area (Å²) in [5.41, 5.74) is 2.15. The van der Waals surface area contributed by atoms with E-state index in [2.05, 4.69) is 27.9 Å². The molecule has 134 valence electrons. The molecule has 1 aromatic heterocycles. The molecule has 1 N–H and O–H groups in total. The van der Waals surface area contributed by atoms with Crippen LogP contribution in [0.3, 0.4) is 0 Å². The normalized spacial score (nSPS) is 17.7. The van der Waals surface area contributed by atoms with Crippen molar-refractivity contribution in [1.82, 2.24) is 14.8 Å². The van der Waals surface area contributed by atoms with Crippen molar-refractivity contribution < 1.29 is 5.11 Å². The van der Waals surface area contributed by atoms with E-state index in [-0.39, 0.29) is 6.10 Å². The molecule has 1 unspecified atom stereocenters. The SMILES string of the molecule is CN(Cc1ccccn1)CC1CCN(CC(O)c2ccccc2)CC1. The Bertz CT molecular complexity index is 612. The maximum absolute atomic E-state index is 10.4. The van der Waals surface area contributed by atoms with Crippen LogP contribution in [-0.2, 0) is 6.54 Å². The molecule has 1 saturated heterocycles. The van der Waals surface area contributed by atoms with E-state index in [9.17, 15) is 5.11 Å². The average molecular weight is 339 g/mol. The Hall–Kier alpha value is -1.75. The first-order valence-corrected chi connectivity index (χ1v) is 9.24. The highest BCUT2D eigenvalue weighted by molar-refractivity contribution is 5.17. The lowest BCUT2D eigenvalue weighted by molar-refractivity contribution is 0.0824. The molecular formula is C21H29N3O. The lowest BCUT2D eigenvalue weighted by Gasteiger charge is -2.34. The second kappa shape index (κ2) is 9.09. The fourth-order valence-electron chi connectivity index (χ4n) is 3.65. The number of aliphatic hydroxyl groups is 1. The number of aliphatic hydroxyl groups excluding tert-OH is 1. The minimum Gasteiger partial charge on any atom is -0.387 e. The predicted molar refractivity (Wildman–Crippen MR) is 101 cm³/mol. The summed E-state index contributed by atoms with van der Waals surface area (Å²) in [6.07, 6.45) is 3.88. The van der Waals surface area contributed by atoms with Crippen LogP contribution in [0.1, 0.15) is 30.2 Å². The molecular weight excluding hydrogens is 310 g/mol. The minimum absolute atomic E-state index is 0.385. The van der Waals surface area contributed by atoms with Gasteiger partial charge in [-0.3, -0.25) is 4.98 Å². The average Bonchev–Trinajstić information content (AvgIpc) is 2.65. The third-order valence-corrected chi connectivity index (χ3v) is 5.05. The van der Waals surface area contributed by atoms with Crippen LogP contribution < -0.4 is 0 Å². The Kier molecular flexibility index (Phi) is 6.56. The minimum atomic E-state index is -0.385. The first kappa shape index (κ1) is 18.1. The van der Waals surface area contributed by atoms with Gasteiger partial charge in [0.25, 0.3) is 0 Å². The quantitative estimate of drug-likeness (QED) is 0.842. The Morgan fingerprint density at radius 3 is 2.52 bits per heavy atom. The summed E-state index contributed by atoms with van der Waals surface area (Å²) in [6.45, 7) is 4.91. The van der Waals surface area contributed by atoms with Crippen LogP contribution in [0.5, 0.6) is 0 Å². The lowest BCUT2D eigenvalue weighted by Crippen LogP contribution is -2.39. The highest BCUT2D eigenvalue weighted by Gasteiger charge is 2.22. The van der Waals surface area contributed by atoms with Crippen molar-refractivity contribution in [2.24, 2.45) is 5.92 Å². The maximum atomic E-state index is 10.4. The molecule has 0 bridgehead atoms. The Morgan fingerprint density at radius 2 is 1.84 bits per heavy atom. The van der Waals surface area contributed by atoms with E-state index >= 15 is 0 Å². The molecule has 2 aromatic rings. The number of hydrogen-bond donors (Lipinski definition) is 1. The highest BCUT2D eigenvalue weighted by Crippen LogP contribution is 2.21. The van der Waals surface area contributed by atoms with Crippen LogP contribution in [0.25, 0.3) is 0 Å². The summed E-state index contributed by atoms with van der Waals surface area (Å²) in [5, 5.41) is 10.4. The zero-order chi connectivity index (χ0) is 17.5. The zero-order valence-electron chi connectivity index (χ0n) is 15.1. The Balaban J connectivity index is 1.40. The Labute approximate surface area is 151 Å². The van der Waals surface area contributed by atoms with Gasteiger partial charge in [-0.2, -0.15) is 0 Å². The molecule has 1 aliphatic heterocycles. The second-order valence-corrected chi connectivity index (χ2v) is 7.19. The van der Waals surface area contributed by atoms with Crippen LogP contribution in [0, 0.1) is 5.92 Å². The number of nitrogens with zero attached hydrogens (tertiary/aromatic N) is 3. The third-order valence-electron chi connectivity index (χ3n) is 5.05. The van der Waals surface area contributed by atoms with E-state index in [0.717, 1.165) is 49.9 Å². The summed E-state index contributed by atoms with van der Waals surface area (Å²) in [6, 6.07) is 16.1. The lowest BCUT2D eigenvalue weighted by atomic mass is 9.95. The first-order chi connectivity index (χ1) is 12.2. The van der Waals surface area contributed by atoms with Gasteiger partial charge in [0.15, 0.2) is 0 Å². The zero-order valence-corrected chi connectivity index (χ0v) is 15.1. The molecule has 3 rings (SSSR count). The van der Waals surface area contributed by atoms with E-state index in [0.29, 0.717) is 0 Å².